The molecule has 0 unspecified atom stereocenters. The van der Waals surface area contributed by atoms with Gasteiger partial charge in [-0.05, 0) is 30.3 Å². The Balaban J connectivity index is 1.84. The molecule has 0 saturated carbocycles. The van der Waals surface area contributed by atoms with Crippen LogP contribution in [-0.4, -0.2) is 14.8 Å². The molecule has 0 bridgehead atoms. The van der Waals surface area contributed by atoms with Crippen LogP contribution in [0.1, 0.15) is 5.69 Å². The molecular formula is C15H12BrN3. The fourth-order valence-electron chi connectivity index (χ4n) is 1.91. The third kappa shape index (κ3) is 2.90. The van der Waals surface area contributed by atoms with Gasteiger partial charge in [-0.25, -0.2) is 0 Å². The van der Waals surface area contributed by atoms with Crippen molar-refractivity contribution in [1.82, 2.24) is 14.8 Å². The monoisotopic (exact) mass is 313 g/mol. The van der Waals surface area contributed by atoms with Crippen molar-refractivity contribution in [3.63, 3.8) is 0 Å². The predicted octanol–water partition coefficient (Wildman–Crippen LogP) is 3.76. The Morgan fingerprint density at radius 2 is 2.00 bits per heavy atom. The lowest BCUT2D eigenvalue weighted by Crippen LogP contribution is -2.01. The Hall–Kier alpha value is -1.94. The van der Waals surface area contributed by atoms with Crippen molar-refractivity contribution < 1.29 is 0 Å². The highest BCUT2D eigenvalue weighted by Gasteiger charge is 2.03. The predicted molar refractivity (Wildman–Crippen MR) is 78.7 cm³/mol. The van der Waals surface area contributed by atoms with Crippen LogP contribution in [0.2, 0.25) is 0 Å². The van der Waals surface area contributed by atoms with Crippen LogP contribution < -0.4 is 0 Å². The Morgan fingerprint density at radius 3 is 2.79 bits per heavy atom. The molecule has 0 aliphatic heterocycles. The summed E-state index contributed by atoms with van der Waals surface area (Å²) in [6.45, 7) is 0.689. The highest BCUT2D eigenvalue weighted by Crippen LogP contribution is 2.21. The van der Waals surface area contributed by atoms with Crippen molar-refractivity contribution in [1.29, 1.82) is 0 Å². The molecule has 0 aliphatic carbocycles. The lowest BCUT2D eigenvalue weighted by atomic mass is 10.2. The van der Waals surface area contributed by atoms with E-state index in [1.807, 2.05) is 47.3 Å². The summed E-state index contributed by atoms with van der Waals surface area (Å²) in [7, 11) is 0. The normalized spacial score (nSPS) is 10.6. The summed E-state index contributed by atoms with van der Waals surface area (Å²) in [5, 5.41) is 4.57. The summed E-state index contributed by atoms with van der Waals surface area (Å²) in [6.07, 6.45) is 3.78. The highest BCUT2D eigenvalue weighted by molar-refractivity contribution is 9.10. The van der Waals surface area contributed by atoms with Gasteiger partial charge in [0.05, 0.1) is 17.9 Å². The second-order valence-corrected chi connectivity index (χ2v) is 5.15. The van der Waals surface area contributed by atoms with E-state index in [4.69, 9.17) is 0 Å². The number of aromatic nitrogens is 3. The highest BCUT2D eigenvalue weighted by atomic mass is 79.9. The molecular weight excluding hydrogens is 302 g/mol. The van der Waals surface area contributed by atoms with Crippen molar-refractivity contribution in [3.8, 4) is 11.3 Å². The molecule has 3 nitrogen and oxygen atoms in total. The zero-order valence-corrected chi connectivity index (χ0v) is 11.8. The van der Waals surface area contributed by atoms with E-state index in [2.05, 4.69) is 38.1 Å². The molecule has 2 heterocycles. The molecule has 0 N–H and O–H groups in total. The zero-order valence-electron chi connectivity index (χ0n) is 10.2. The molecule has 1 aromatic carbocycles. The van der Waals surface area contributed by atoms with Gasteiger partial charge in [-0.1, -0.05) is 34.1 Å². The van der Waals surface area contributed by atoms with Crippen molar-refractivity contribution in [3.05, 3.63) is 71.1 Å². The summed E-state index contributed by atoms with van der Waals surface area (Å²) in [5.74, 6) is 0. The standard InChI is InChI=1S/C15H12BrN3/c16-13-5-3-4-12(10-13)15-7-9-19(18-15)11-14-6-1-2-8-17-14/h1-10H,11H2. The Morgan fingerprint density at radius 1 is 1.05 bits per heavy atom. The number of rotatable bonds is 3. The number of benzene rings is 1. The molecule has 0 radical (unpaired) electrons. The molecule has 0 aliphatic rings. The van der Waals surface area contributed by atoms with E-state index in [0.717, 1.165) is 21.4 Å². The second-order valence-electron chi connectivity index (χ2n) is 4.23. The molecule has 0 atom stereocenters. The van der Waals surface area contributed by atoms with Crippen molar-refractivity contribution >= 4 is 15.9 Å². The van der Waals surface area contributed by atoms with Gasteiger partial charge in [-0.2, -0.15) is 5.10 Å². The summed E-state index contributed by atoms with van der Waals surface area (Å²) in [4.78, 5) is 4.30. The van der Waals surface area contributed by atoms with Crippen LogP contribution >= 0.6 is 15.9 Å². The van der Waals surface area contributed by atoms with E-state index in [1.54, 1.807) is 6.20 Å². The van der Waals surface area contributed by atoms with Gasteiger partial charge >= 0.3 is 0 Å². The molecule has 4 heteroatoms. The lowest BCUT2D eigenvalue weighted by molar-refractivity contribution is 0.675. The Labute approximate surface area is 120 Å². The molecule has 94 valence electrons. The average Bonchev–Trinajstić information content (AvgIpc) is 2.88. The SMILES string of the molecule is Brc1cccc(-c2ccn(Cc3ccccn3)n2)c1. The third-order valence-electron chi connectivity index (χ3n) is 2.81. The number of halogens is 1. The van der Waals surface area contributed by atoms with E-state index < -0.39 is 0 Å². The van der Waals surface area contributed by atoms with E-state index in [-0.39, 0.29) is 0 Å². The first kappa shape index (κ1) is 12.1. The quantitative estimate of drug-likeness (QED) is 0.737. The minimum absolute atomic E-state index is 0.689. The fraction of sp³-hybridized carbons (Fsp3) is 0.0667. The van der Waals surface area contributed by atoms with Crippen molar-refractivity contribution in [2.45, 2.75) is 6.54 Å². The Bertz CT molecular complexity index is 677. The molecule has 0 amide bonds. The summed E-state index contributed by atoms with van der Waals surface area (Å²) in [6, 6.07) is 16.1. The topological polar surface area (TPSA) is 30.7 Å². The number of hydrogen-bond acceptors (Lipinski definition) is 2. The van der Waals surface area contributed by atoms with Gasteiger partial charge in [-0.3, -0.25) is 9.67 Å². The van der Waals surface area contributed by atoms with Gasteiger partial charge in [0.25, 0.3) is 0 Å². The van der Waals surface area contributed by atoms with E-state index in [0.29, 0.717) is 6.54 Å². The molecule has 19 heavy (non-hydrogen) atoms. The van der Waals surface area contributed by atoms with Crippen molar-refractivity contribution in [2.24, 2.45) is 0 Å². The largest absolute Gasteiger partial charge is 0.266 e. The first-order valence-electron chi connectivity index (χ1n) is 6.00. The third-order valence-corrected chi connectivity index (χ3v) is 3.30. The molecule has 0 saturated heterocycles. The van der Waals surface area contributed by atoms with Gasteiger partial charge in [0.1, 0.15) is 0 Å². The van der Waals surface area contributed by atoms with Crippen LogP contribution in [0, 0.1) is 0 Å². The number of nitrogens with zero attached hydrogens (tertiary/aromatic N) is 3. The van der Waals surface area contributed by atoms with Gasteiger partial charge in [0.2, 0.25) is 0 Å². The molecule has 0 spiro atoms. The summed E-state index contributed by atoms with van der Waals surface area (Å²) >= 11 is 3.48. The molecule has 3 aromatic rings. The van der Waals surface area contributed by atoms with Gasteiger partial charge in [-0.15, -0.1) is 0 Å². The maximum absolute atomic E-state index is 4.57. The summed E-state index contributed by atoms with van der Waals surface area (Å²) in [5.41, 5.74) is 3.08. The van der Waals surface area contributed by atoms with Crippen LogP contribution in [0.15, 0.2) is 65.4 Å². The van der Waals surface area contributed by atoms with E-state index >= 15 is 0 Å². The maximum atomic E-state index is 4.57. The fourth-order valence-corrected chi connectivity index (χ4v) is 2.31. The van der Waals surface area contributed by atoms with Gasteiger partial charge in [0, 0.05) is 22.4 Å². The number of pyridine rings is 1. The van der Waals surface area contributed by atoms with E-state index in [9.17, 15) is 0 Å². The van der Waals surface area contributed by atoms with Crippen LogP contribution in [0.4, 0.5) is 0 Å². The first-order valence-corrected chi connectivity index (χ1v) is 6.80. The second kappa shape index (κ2) is 5.36. The van der Waals surface area contributed by atoms with Crippen LogP contribution in [0.5, 0.6) is 0 Å². The number of hydrogen-bond donors (Lipinski definition) is 0. The van der Waals surface area contributed by atoms with Crippen LogP contribution in [0.3, 0.4) is 0 Å². The zero-order chi connectivity index (χ0) is 13.1. The first-order chi connectivity index (χ1) is 9.31. The van der Waals surface area contributed by atoms with Gasteiger partial charge < -0.3 is 0 Å². The van der Waals surface area contributed by atoms with Gasteiger partial charge in [0.15, 0.2) is 0 Å². The Kier molecular flexibility index (Phi) is 3.42. The van der Waals surface area contributed by atoms with Crippen molar-refractivity contribution in [2.75, 3.05) is 0 Å². The minimum atomic E-state index is 0.689. The van der Waals surface area contributed by atoms with Crippen LogP contribution in [-0.2, 0) is 6.54 Å². The maximum Gasteiger partial charge on any atom is 0.0923 e. The van der Waals surface area contributed by atoms with E-state index in [1.165, 1.54) is 0 Å². The smallest absolute Gasteiger partial charge is 0.0923 e. The average molecular weight is 314 g/mol. The molecule has 0 fully saturated rings. The lowest BCUT2D eigenvalue weighted by Gasteiger charge is -2.01. The minimum Gasteiger partial charge on any atom is -0.266 e. The summed E-state index contributed by atoms with van der Waals surface area (Å²) < 4.78 is 2.96. The van der Waals surface area contributed by atoms with Crippen LogP contribution in [0.25, 0.3) is 11.3 Å². The molecule has 2 aromatic heterocycles. The molecule has 3 rings (SSSR count).